The van der Waals surface area contributed by atoms with Crippen molar-refractivity contribution in [2.24, 2.45) is 0 Å². The minimum absolute atomic E-state index is 0.293. The average molecular weight is 306 g/mol. The summed E-state index contributed by atoms with van der Waals surface area (Å²) in [6.45, 7) is 0. The zero-order chi connectivity index (χ0) is 15.0. The number of hydrogen-bond acceptors (Lipinski definition) is 4. The van der Waals surface area contributed by atoms with Crippen molar-refractivity contribution in [2.75, 3.05) is 24.3 Å². The Morgan fingerprint density at radius 3 is 2.81 bits per heavy atom. The van der Waals surface area contributed by atoms with Crippen LogP contribution in [-0.4, -0.2) is 25.2 Å². The van der Waals surface area contributed by atoms with E-state index in [1.165, 1.54) is 0 Å². The third kappa shape index (κ3) is 3.03. The van der Waals surface area contributed by atoms with Gasteiger partial charge in [-0.3, -0.25) is 4.79 Å². The molecule has 6 heteroatoms. The smallest absolute Gasteiger partial charge is 0.277 e. The molecule has 0 atom stereocenters. The van der Waals surface area contributed by atoms with Crippen LogP contribution in [0.5, 0.6) is 0 Å². The van der Waals surface area contributed by atoms with Crippen molar-refractivity contribution in [2.45, 2.75) is 18.8 Å². The van der Waals surface area contributed by atoms with Gasteiger partial charge in [0.15, 0.2) is 5.69 Å². The fourth-order valence-corrected chi connectivity index (χ4v) is 2.31. The molecule has 0 radical (unpaired) electrons. The second-order valence-electron chi connectivity index (χ2n) is 5.40. The highest BCUT2D eigenvalue weighted by molar-refractivity contribution is 6.31. The number of anilines is 2. The van der Waals surface area contributed by atoms with Gasteiger partial charge in [-0.15, -0.1) is 0 Å². The van der Waals surface area contributed by atoms with Crippen LogP contribution in [0.15, 0.2) is 28.8 Å². The Kier molecular flexibility index (Phi) is 3.59. The van der Waals surface area contributed by atoms with E-state index in [1.807, 2.05) is 25.1 Å². The third-order valence-electron chi connectivity index (χ3n) is 3.43. The molecule has 5 nitrogen and oxygen atoms in total. The van der Waals surface area contributed by atoms with Crippen molar-refractivity contribution >= 4 is 28.9 Å². The first-order valence-corrected chi connectivity index (χ1v) is 7.17. The van der Waals surface area contributed by atoms with Crippen molar-refractivity contribution < 1.29 is 9.32 Å². The summed E-state index contributed by atoms with van der Waals surface area (Å²) in [5.74, 6) is 0.928. The number of aromatic nitrogens is 1. The van der Waals surface area contributed by atoms with Gasteiger partial charge < -0.3 is 14.7 Å². The second-order valence-corrected chi connectivity index (χ2v) is 5.84. The van der Waals surface area contributed by atoms with E-state index in [4.69, 9.17) is 16.1 Å². The van der Waals surface area contributed by atoms with E-state index in [1.54, 1.807) is 18.2 Å². The van der Waals surface area contributed by atoms with E-state index in [0.29, 0.717) is 22.3 Å². The van der Waals surface area contributed by atoms with Gasteiger partial charge in [-0.25, -0.2) is 0 Å². The Morgan fingerprint density at radius 1 is 1.38 bits per heavy atom. The molecule has 0 saturated heterocycles. The van der Waals surface area contributed by atoms with Crippen LogP contribution in [-0.2, 0) is 0 Å². The van der Waals surface area contributed by atoms with E-state index in [0.717, 1.165) is 24.3 Å². The third-order valence-corrected chi connectivity index (χ3v) is 3.66. The van der Waals surface area contributed by atoms with Gasteiger partial charge in [0.1, 0.15) is 5.76 Å². The Balaban J connectivity index is 1.81. The molecule has 0 aliphatic heterocycles. The Hall–Kier alpha value is -2.01. The van der Waals surface area contributed by atoms with Crippen LogP contribution in [0.1, 0.15) is 35.0 Å². The van der Waals surface area contributed by atoms with E-state index >= 15 is 0 Å². The predicted octanol–water partition coefficient (Wildman–Crippen LogP) is 3.52. The topological polar surface area (TPSA) is 58.4 Å². The van der Waals surface area contributed by atoms with Gasteiger partial charge in [-0.1, -0.05) is 16.8 Å². The number of nitrogens with one attached hydrogen (secondary N) is 1. The molecule has 0 bridgehead atoms. The van der Waals surface area contributed by atoms with Crippen LogP contribution in [0, 0.1) is 0 Å². The maximum Gasteiger partial charge on any atom is 0.277 e. The number of carbonyl (C=O) groups excluding carboxylic acids is 1. The lowest BCUT2D eigenvalue weighted by Gasteiger charge is -2.17. The molecule has 1 heterocycles. The normalized spacial score (nSPS) is 14.0. The summed E-state index contributed by atoms with van der Waals surface area (Å²) in [5, 5.41) is 7.24. The standard InChI is InChI=1S/C15H16ClN3O2/c1-19(2)13-6-5-10(16)7-11(13)17-15(20)12-8-14(21-18-12)9-3-4-9/h5-9H,3-4H2,1-2H3,(H,17,20). The highest BCUT2D eigenvalue weighted by atomic mass is 35.5. The highest BCUT2D eigenvalue weighted by Crippen LogP contribution is 2.40. The number of halogens is 1. The molecule has 1 amide bonds. The van der Waals surface area contributed by atoms with Gasteiger partial charge in [0.2, 0.25) is 0 Å². The number of nitrogens with zero attached hydrogens (tertiary/aromatic N) is 2. The maximum atomic E-state index is 12.3. The largest absolute Gasteiger partial charge is 0.376 e. The van der Waals surface area contributed by atoms with E-state index in [2.05, 4.69) is 10.5 Å². The van der Waals surface area contributed by atoms with Gasteiger partial charge in [0.25, 0.3) is 5.91 Å². The molecule has 2 aromatic rings. The van der Waals surface area contributed by atoms with Crippen LogP contribution in [0.2, 0.25) is 5.02 Å². The minimum Gasteiger partial charge on any atom is -0.376 e. The molecular formula is C15H16ClN3O2. The molecule has 1 N–H and O–H groups in total. The molecule has 110 valence electrons. The monoisotopic (exact) mass is 305 g/mol. The van der Waals surface area contributed by atoms with Crippen LogP contribution < -0.4 is 10.2 Å². The van der Waals surface area contributed by atoms with Gasteiger partial charge in [-0.2, -0.15) is 0 Å². The molecule has 1 saturated carbocycles. The average Bonchev–Trinajstić information content (AvgIpc) is 3.16. The Bertz CT molecular complexity index is 677. The molecule has 1 aliphatic carbocycles. The van der Waals surface area contributed by atoms with Crippen molar-refractivity contribution in [1.29, 1.82) is 0 Å². The fourth-order valence-electron chi connectivity index (χ4n) is 2.14. The van der Waals surface area contributed by atoms with Gasteiger partial charge >= 0.3 is 0 Å². The summed E-state index contributed by atoms with van der Waals surface area (Å²) in [6, 6.07) is 7.08. The van der Waals surface area contributed by atoms with Crippen molar-refractivity contribution in [3.8, 4) is 0 Å². The van der Waals surface area contributed by atoms with Gasteiger partial charge in [-0.05, 0) is 31.0 Å². The molecule has 1 aromatic heterocycles. The summed E-state index contributed by atoms with van der Waals surface area (Å²) in [7, 11) is 3.81. The first-order chi connectivity index (χ1) is 10.0. The predicted molar refractivity (Wildman–Crippen MR) is 82.2 cm³/mol. The summed E-state index contributed by atoms with van der Waals surface area (Å²) in [5.41, 5.74) is 1.81. The summed E-state index contributed by atoms with van der Waals surface area (Å²) >= 11 is 6.00. The molecule has 0 spiro atoms. The number of benzene rings is 1. The highest BCUT2D eigenvalue weighted by Gasteiger charge is 2.29. The lowest BCUT2D eigenvalue weighted by molar-refractivity contribution is 0.101. The zero-order valence-corrected chi connectivity index (χ0v) is 12.6. The molecule has 1 aliphatic rings. The summed E-state index contributed by atoms with van der Waals surface area (Å²) < 4.78 is 5.20. The second kappa shape index (κ2) is 5.41. The Labute approximate surface area is 127 Å². The SMILES string of the molecule is CN(C)c1ccc(Cl)cc1NC(=O)c1cc(C2CC2)on1. The molecule has 3 rings (SSSR count). The lowest BCUT2D eigenvalue weighted by atomic mass is 10.2. The van der Waals surface area contributed by atoms with Gasteiger partial charge in [0, 0.05) is 31.1 Å². The summed E-state index contributed by atoms with van der Waals surface area (Å²) in [4.78, 5) is 14.2. The van der Waals surface area contributed by atoms with Crippen LogP contribution in [0.3, 0.4) is 0 Å². The minimum atomic E-state index is -0.295. The number of rotatable bonds is 4. The first kappa shape index (κ1) is 13.9. The van der Waals surface area contributed by atoms with E-state index in [9.17, 15) is 4.79 Å². The quantitative estimate of drug-likeness (QED) is 0.939. The molecule has 1 fully saturated rings. The fraction of sp³-hybridized carbons (Fsp3) is 0.333. The summed E-state index contributed by atoms with van der Waals surface area (Å²) in [6.07, 6.45) is 2.21. The van der Waals surface area contributed by atoms with Gasteiger partial charge in [0.05, 0.1) is 11.4 Å². The van der Waals surface area contributed by atoms with E-state index < -0.39 is 0 Å². The Morgan fingerprint density at radius 2 is 2.14 bits per heavy atom. The van der Waals surface area contributed by atoms with Crippen LogP contribution in [0.4, 0.5) is 11.4 Å². The van der Waals surface area contributed by atoms with E-state index in [-0.39, 0.29) is 5.91 Å². The van der Waals surface area contributed by atoms with Crippen LogP contribution in [0.25, 0.3) is 0 Å². The zero-order valence-electron chi connectivity index (χ0n) is 11.9. The lowest BCUT2D eigenvalue weighted by Crippen LogP contribution is -2.17. The number of carbonyl (C=O) groups is 1. The maximum absolute atomic E-state index is 12.3. The number of hydrogen-bond donors (Lipinski definition) is 1. The van der Waals surface area contributed by atoms with Crippen molar-refractivity contribution in [3.63, 3.8) is 0 Å². The van der Waals surface area contributed by atoms with Crippen molar-refractivity contribution in [1.82, 2.24) is 5.16 Å². The number of amides is 1. The molecule has 0 unspecified atom stereocenters. The van der Waals surface area contributed by atoms with Crippen molar-refractivity contribution in [3.05, 3.63) is 40.7 Å². The molecule has 21 heavy (non-hydrogen) atoms. The molecular weight excluding hydrogens is 290 g/mol. The van der Waals surface area contributed by atoms with Crippen LogP contribution >= 0.6 is 11.6 Å². The molecule has 1 aromatic carbocycles. The first-order valence-electron chi connectivity index (χ1n) is 6.79.